The summed E-state index contributed by atoms with van der Waals surface area (Å²) >= 11 is 0. The minimum atomic E-state index is -0.551. The first-order chi connectivity index (χ1) is 12.2. The second-order valence-electron chi connectivity index (χ2n) is 5.82. The maximum atomic E-state index is 13.6. The van der Waals surface area contributed by atoms with Crippen LogP contribution >= 0.6 is 0 Å². The first-order valence-corrected chi connectivity index (χ1v) is 8.11. The van der Waals surface area contributed by atoms with E-state index in [0.717, 1.165) is 18.4 Å². The number of carbonyl (C=O) groups excluding carboxylic acids is 1. The normalized spacial score (nSPS) is 16.2. The average molecular weight is 339 g/mol. The molecular weight excluding hydrogens is 321 g/mol. The van der Waals surface area contributed by atoms with Crippen molar-refractivity contribution in [2.24, 2.45) is 0 Å². The van der Waals surface area contributed by atoms with Crippen LogP contribution < -0.4 is 10.6 Å². The van der Waals surface area contributed by atoms with Gasteiger partial charge < -0.3 is 15.4 Å². The minimum Gasteiger partial charge on any atom is -0.380 e. The van der Waals surface area contributed by atoms with Crippen molar-refractivity contribution >= 4 is 17.3 Å². The predicted molar refractivity (Wildman–Crippen MR) is 92.5 cm³/mol. The van der Waals surface area contributed by atoms with E-state index in [2.05, 4.69) is 10.6 Å². The molecule has 6 heteroatoms. The van der Waals surface area contributed by atoms with Gasteiger partial charge in [-0.25, -0.2) is 4.39 Å². The molecule has 1 aliphatic heterocycles. The molecule has 1 aliphatic rings. The van der Waals surface area contributed by atoms with Gasteiger partial charge in [-0.05, 0) is 42.7 Å². The van der Waals surface area contributed by atoms with Crippen molar-refractivity contribution in [1.29, 1.82) is 5.26 Å². The summed E-state index contributed by atoms with van der Waals surface area (Å²) in [6.45, 7) is 1.03. The summed E-state index contributed by atoms with van der Waals surface area (Å²) in [5.41, 5.74) is 2.01. The maximum Gasteiger partial charge on any atom is 0.253 e. The molecule has 3 rings (SSSR count). The van der Waals surface area contributed by atoms with E-state index >= 15 is 0 Å². The predicted octanol–water partition coefficient (Wildman–Crippen LogP) is 3.43. The minimum absolute atomic E-state index is 0.00894. The van der Waals surface area contributed by atoms with Crippen LogP contribution in [-0.2, 0) is 16.1 Å². The second kappa shape index (κ2) is 7.77. The van der Waals surface area contributed by atoms with Crippen molar-refractivity contribution in [2.45, 2.75) is 25.5 Å². The van der Waals surface area contributed by atoms with Crippen LogP contribution in [0.5, 0.6) is 0 Å². The fraction of sp³-hybridized carbons (Fsp3) is 0.263. The number of anilines is 2. The van der Waals surface area contributed by atoms with Crippen molar-refractivity contribution in [3.63, 3.8) is 0 Å². The zero-order chi connectivity index (χ0) is 17.6. The van der Waals surface area contributed by atoms with E-state index < -0.39 is 5.82 Å². The van der Waals surface area contributed by atoms with Crippen LogP contribution in [0.3, 0.4) is 0 Å². The number of amides is 1. The summed E-state index contributed by atoms with van der Waals surface area (Å²) in [5, 5.41) is 15.0. The zero-order valence-corrected chi connectivity index (χ0v) is 13.6. The van der Waals surface area contributed by atoms with Crippen LogP contribution in [0.15, 0.2) is 42.5 Å². The van der Waals surface area contributed by atoms with Gasteiger partial charge in [-0.3, -0.25) is 4.79 Å². The number of nitrogens with one attached hydrogen (secondary N) is 2. The van der Waals surface area contributed by atoms with E-state index in [0.29, 0.717) is 24.5 Å². The van der Waals surface area contributed by atoms with Gasteiger partial charge in [-0.15, -0.1) is 0 Å². The van der Waals surface area contributed by atoms with Crippen LogP contribution in [0.25, 0.3) is 0 Å². The third kappa shape index (κ3) is 4.14. The van der Waals surface area contributed by atoms with Crippen molar-refractivity contribution < 1.29 is 13.9 Å². The summed E-state index contributed by atoms with van der Waals surface area (Å²) in [7, 11) is 0. The molecule has 2 aromatic rings. The fourth-order valence-electron chi connectivity index (χ4n) is 2.75. The van der Waals surface area contributed by atoms with Crippen LogP contribution in [0.4, 0.5) is 15.8 Å². The van der Waals surface area contributed by atoms with Crippen molar-refractivity contribution in [1.82, 2.24) is 0 Å². The number of benzene rings is 2. The molecule has 2 aromatic carbocycles. The van der Waals surface area contributed by atoms with Gasteiger partial charge in [0.15, 0.2) is 0 Å². The molecule has 2 N–H and O–H groups in total. The number of hydrogen-bond donors (Lipinski definition) is 2. The molecule has 1 amide bonds. The highest BCUT2D eigenvalue weighted by atomic mass is 19.1. The third-order valence-electron chi connectivity index (χ3n) is 4.03. The molecule has 0 radical (unpaired) electrons. The number of nitrogens with zero attached hydrogens (tertiary/aromatic N) is 1. The molecule has 5 nitrogen and oxygen atoms in total. The van der Waals surface area contributed by atoms with Gasteiger partial charge >= 0.3 is 0 Å². The van der Waals surface area contributed by atoms with E-state index in [9.17, 15) is 9.18 Å². The third-order valence-corrected chi connectivity index (χ3v) is 4.03. The Kier molecular flexibility index (Phi) is 5.26. The molecule has 0 spiro atoms. The first kappa shape index (κ1) is 16.9. The van der Waals surface area contributed by atoms with E-state index in [1.54, 1.807) is 18.2 Å². The van der Waals surface area contributed by atoms with E-state index in [1.165, 1.54) is 6.07 Å². The summed E-state index contributed by atoms with van der Waals surface area (Å²) in [5.74, 6) is -0.690. The Labute approximate surface area is 145 Å². The Hall–Kier alpha value is -2.91. The Morgan fingerprint density at radius 3 is 2.92 bits per heavy atom. The van der Waals surface area contributed by atoms with Gasteiger partial charge in [0.2, 0.25) is 0 Å². The molecule has 0 saturated carbocycles. The Morgan fingerprint density at radius 2 is 2.16 bits per heavy atom. The molecule has 128 valence electrons. The van der Waals surface area contributed by atoms with Crippen LogP contribution in [0.1, 0.15) is 24.0 Å². The van der Waals surface area contributed by atoms with E-state index in [4.69, 9.17) is 10.00 Å². The topological polar surface area (TPSA) is 74.2 Å². The van der Waals surface area contributed by atoms with Crippen LogP contribution in [0.2, 0.25) is 0 Å². The highest BCUT2D eigenvalue weighted by Crippen LogP contribution is 2.20. The summed E-state index contributed by atoms with van der Waals surface area (Å²) in [4.78, 5) is 12.1. The van der Waals surface area contributed by atoms with Crippen molar-refractivity contribution in [2.75, 3.05) is 17.2 Å². The second-order valence-corrected chi connectivity index (χ2v) is 5.82. The number of halogens is 1. The lowest BCUT2D eigenvalue weighted by atomic mass is 10.1. The SMILES string of the molecule is N#Cc1c(F)cccc1NCc1cccc(NC(=O)C2CCCO2)c1. The number of nitriles is 1. The number of carbonyl (C=O) groups is 1. The van der Waals surface area contributed by atoms with Crippen LogP contribution in [0, 0.1) is 17.1 Å². The Bertz CT molecular complexity index is 811. The largest absolute Gasteiger partial charge is 0.380 e. The zero-order valence-electron chi connectivity index (χ0n) is 13.6. The molecule has 1 fully saturated rings. The summed E-state index contributed by atoms with van der Waals surface area (Å²) in [6.07, 6.45) is 1.26. The van der Waals surface area contributed by atoms with Gasteiger partial charge in [-0.2, -0.15) is 5.26 Å². The quantitative estimate of drug-likeness (QED) is 0.875. The summed E-state index contributed by atoms with van der Waals surface area (Å²) < 4.78 is 19.0. The maximum absolute atomic E-state index is 13.6. The molecule has 1 unspecified atom stereocenters. The van der Waals surface area contributed by atoms with Crippen molar-refractivity contribution in [3.8, 4) is 6.07 Å². The average Bonchev–Trinajstić information content (AvgIpc) is 3.15. The van der Waals surface area contributed by atoms with Gasteiger partial charge in [0.05, 0.1) is 5.69 Å². The molecular formula is C19H18FN3O2. The van der Waals surface area contributed by atoms with Gasteiger partial charge in [0.1, 0.15) is 23.6 Å². The van der Waals surface area contributed by atoms with Gasteiger partial charge in [-0.1, -0.05) is 18.2 Å². The lowest BCUT2D eigenvalue weighted by Gasteiger charge is -2.12. The molecule has 0 bridgehead atoms. The van der Waals surface area contributed by atoms with Gasteiger partial charge in [0, 0.05) is 18.8 Å². The number of hydrogen-bond acceptors (Lipinski definition) is 4. The standard InChI is InChI=1S/C19H18FN3O2/c20-16-6-2-7-17(15(16)11-21)22-12-13-4-1-5-14(10-13)23-19(24)18-8-3-9-25-18/h1-2,4-7,10,18,22H,3,8-9,12H2,(H,23,24). The molecule has 0 aliphatic carbocycles. The van der Waals surface area contributed by atoms with Gasteiger partial charge in [0.25, 0.3) is 5.91 Å². The smallest absolute Gasteiger partial charge is 0.253 e. The Balaban J connectivity index is 1.65. The van der Waals surface area contributed by atoms with E-state index in [1.807, 2.05) is 24.3 Å². The monoisotopic (exact) mass is 339 g/mol. The fourth-order valence-corrected chi connectivity index (χ4v) is 2.75. The number of ether oxygens (including phenoxy) is 1. The first-order valence-electron chi connectivity index (χ1n) is 8.11. The highest BCUT2D eigenvalue weighted by molar-refractivity contribution is 5.94. The van der Waals surface area contributed by atoms with Crippen molar-refractivity contribution in [3.05, 3.63) is 59.4 Å². The highest BCUT2D eigenvalue weighted by Gasteiger charge is 2.23. The molecule has 25 heavy (non-hydrogen) atoms. The molecule has 0 aromatic heterocycles. The Morgan fingerprint density at radius 1 is 1.32 bits per heavy atom. The lowest BCUT2D eigenvalue weighted by molar-refractivity contribution is -0.124. The molecule has 1 atom stereocenters. The van der Waals surface area contributed by atoms with Crippen LogP contribution in [-0.4, -0.2) is 18.6 Å². The summed E-state index contributed by atoms with van der Waals surface area (Å²) in [6, 6.07) is 13.7. The number of rotatable bonds is 5. The molecule has 1 heterocycles. The molecule has 1 saturated heterocycles. The van der Waals surface area contributed by atoms with E-state index in [-0.39, 0.29) is 17.6 Å². The lowest BCUT2D eigenvalue weighted by Crippen LogP contribution is -2.26.